The fourth-order valence-electron chi connectivity index (χ4n) is 2.95. The van der Waals surface area contributed by atoms with Crippen LogP contribution in [0.5, 0.6) is 0 Å². The minimum Gasteiger partial charge on any atom is -0.386 e. The number of rotatable bonds is 8. The number of nitrogens with one attached hydrogen (secondary N) is 2. The molecular formula is C22H24FN5O4S. The molecule has 11 heteroatoms. The van der Waals surface area contributed by atoms with Gasteiger partial charge in [0.25, 0.3) is 0 Å². The van der Waals surface area contributed by atoms with E-state index >= 15 is 0 Å². The Hall–Kier alpha value is -3.44. The van der Waals surface area contributed by atoms with Gasteiger partial charge >= 0.3 is 0 Å². The van der Waals surface area contributed by atoms with E-state index in [1.54, 1.807) is 0 Å². The van der Waals surface area contributed by atoms with Crippen molar-refractivity contribution in [1.82, 2.24) is 15.0 Å². The second-order valence-corrected chi connectivity index (χ2v) is 9.67. The van der Waals surface area contributed by atoms with E-state index in [0.29, 0.717) is 0 Å². The number of hydrogen-bond acceptors (Lipinski definition) is 9. The van der Waals surface area contributed by atoms with E-state index in [4.69, 9.17) is 4.11 Å². The van der Waals surface area contributed by atoms with Crippen molar-refractivity contribution in [2.24, 2.45) is 0 Å². The summed E-state index contributed by atoms with van der Waals surface area (Å²) in [7, 11) is -3.70. The summed E-state index contributed by atoms with van der Waals surface area (Å²) >= 11 is 0. The fourth-order valence-corrected chi connectivity index (χ4v) is 3.73. The lowest BCUT2D eigenvalue weighted by Crippen LogP contribution is -2.18. The molecule has 3 rings (SSSR count). The molecule has 3 heterocycles. The Labute approximate surface area is 195 Å². The first-order valence-corrected chi connectivity index (χ1v) is 11.6. The van der Waals surface area contributed by atoms with Gasteiger partial charge in [0, 0.05) is 40.8 Å². The largest absolute Gasteiger partial charge is 0.386 e. The summed E-state index contributed by atoms with van der Waals surface area (Å²) < 4.78 is 60.9. The van der Waals surface area contributed by atoms with Crippen LogP contribution in [0.4, 0.5) is 27.5 Å². The van der Waals surface area contributed by atoms with Crippen LogP contribution in [0, 0.1) is 5.95 Å². The molecule has 0 radical (unpaired) electrons. The number of aliphatic hydroxyl groups is 1. The molecule has 0 saturated carbocycles. The number of aromatic nitrogens is 3. The molecular weight excluding hydrogens is 449 g/mol. The van der Waals surface area contributed by atoms with Crippen molar-refractivity contribution in [2.75, 3.05) is 16.9 Å². The molecule has 0 aliphatic rings. The standard InChI is InChI=1S/C22H24FN5O4S/c1-5-16(29)13-12-25-19(27-18-9-8-14(20(23)28-18)22(2,3)30)11-15(13)26-21-17(33(4,31)32)7-6-10-24-21/h6-12,30H,5H2,1-4H3,(H2,24,25,26,27,28)/i1D3. The van der Waals surface area contributed by atoms with E-state index in [1.807, 2.05) is 0 Å². The third-order valence-electron chi connectivity index (χ3n) is 4.55. The number of ketones is 1. The van der Waals surface area contributed by atoms with Crippen molar-refractivity contribution in [2.45, 2.75) is 37.6 Å². The Kier molecular flexibility index (Phi) is 5.63. The molecule has 3 N–H and O–H groups in total. The number of carbonyl (C=O) groups excluding carboxylic acids is 1. The molecule has 0 aliphatic carbocycles. The van der Waals surface area contributed by atoms with Gasteiger partial charge in [-0.25, -0.2) is 23.4 Å². The first kappa shape index (κ1) is 20.2. The van der Waals surface area contributed by atoms with Gasteiger partial charge in [0.2, 0.25) is 5.95 Å². The Bertz CT molecular complexity index is 1410. The van der Waals surface area contributed by atoms with Crippen molar-refractivity contribution in [3.63, 3.8) is 0 Å². The van der Waals surface area contributed by atoms with E-state index in [2.05, 4.69) is 25.6 Å². The average Bonchev–Trinajstić information content (AvgIpc) is 2.71. The molecule has 0 bridgehead atoms. The normalized spacial score (nSPS) is 13.5. The highest BCUT2D eigenvalue weighted by molar-refractivity contribution is 7.90. The van der Waals surface area contributed by atoms with Crippen LogP contribution in [0.1, 0.15) is 47.2 Å². The smallest absolute Gasteiger partial charge is 0.220 e. The predicted octanol–water partition coefficient (Wildman–Crippen LogP) is 3.72. The van der Waals surface area contributed by atoms with Crippen LogP contribution in [0.3, 0.4) is 0 Å². The molecule has 0 unspecified atom stereocenters. The quantitative estimate of drug-likeness (QED) is 0.328. The number of anilines is 4. The number of sulfone groups is 1. The Balaban J connectivity index is 2.04. The zero-order valence-corrected chi connectivity index (χ0v) is 18.9. The van der Waals surface area contributed by atoms with Gasteiger partial charge in [0.05, 0.1) is 16.9 Å². The molecule has 0 aromatic carbocycles. The summed E-state index contributed by atoms with van der Waals surface area (Å²) in [6.45, 7) is 0.284. The molecule has 33 heavy (non-hydrogen) atoms. The van der Waals surface area contributed by atoms with Crippen LogP contribution in [0.2, 0.25) is 0 Å². The molecule has 0 fully saturated rings. The number of pyridine rings is 3. The van der Waals surface area contributed by atoms with Gasteiger partial charge in [0.1, 0.15) is 22.3 Å². The lowest BCUT2D eigenvalue weighted by atomic mass is 10.0. The van der Waals surface area contributed by atoms with Crippen LogP contribution in [0.15, 0.2) is 47.6 Å². The van der Waals surface area contributed by atoms with Crippen molar-refractivity contribution < 1.29 is 26.8 Å². The number of carbonyl (C=O) groups is 1. The summed E-state index contributed by atoms with van der Waals surface area (Å²) in [6.07, 6.45) is 2.68. The van der Waals surface area contributed by atoms with E-state index in [-0.39, 0.29) is 39.2 Å². The summed E-state index contributed by atoms with van der Waals surface area (Å²) in [5.74, 6) is -1.62. The lowest BCUT2D eigenvalue weighted by molar-refractivity contribution is 0.0737. The minimum absolute atomic E-state index is 0.0163. The number of nitrogens with zero attached hydrogens (tertiary/aromatic N) is 3. The predicted molar refractivity (Wildman–Crippen MR) is 122 cm³/mol. The highest BCUT2D eigenvalue weighted by Gasteiger charge is 2.22. The van der Waals surface area contributed by atoms with E-state index in [9.17, 15) is 22.7 Å². The Morgan fingerprint density at radius 2 is 1.97 bits per heavy atom. The summed E-state index contributed by atoms with van der Waals surface area (Å²) in [4.78, 5) is 24.5. The minimum atomic E-state index is -3.70. The van der Waals surface area contributed by atoms with E-state index < -0.39 is 40.4 Å². The van der Waals surface area contributed by atoms with Gasteiger partial charge in [-0.15, -0.1) is 0 Å². The fraction of sp³-hybridized carbons (Fsp3) is 0.273. The van der Waals surface area contributed by atoms with Crippen LogP contribution in [-0.2, 0) is 15.4 Å². The van der Waals surface area contributed by atoms with E-state index in [0.717, 1.165) is 12.5 Å². The van der Waals surface area contributed by atoms with Crippen molar-refractivity contribution >= 4 is 38.8 Å². The first-order valence-electron chi connectivity index (χ1n) is 11.2. The molecule has 3 aromatic heterocycles. The number of halogens is 1. The van der Waals surface area contributed by atoms with Gasteiger partial charge in [0.15, 0.2) is 15.6 Å². The summed E-state index contributed by atoms with van der Waals surface area (Å²) in [5.41, 5.74) is -1.55. The maximum Gasteiger partial charge on any atom is 0.220 e. The van der Waals surface area contributed by atoms with Gasteiger partial charge in [-0.05, 0) is 38.1 Å². The highest BCUT2D eigenvalue weighted by atomic mass is 32.2. The molecule has 0 aliphatic heterocycles. The average molecular weight is 477 g/mol. The second-order valence-electron chi connectivity index (χ2n) is 7.68. The van der Waals surface area contributed by atoms with Crippen molar-refractivity contribution in [3.05, 3.63) is 59.8 Å². The summed E-state index contributed by atoms with van der Waals surface area (Å²) in [5, 5.41) is 15.6. The first-order chi connectivity index (χ1) is 16.5. The Morgan fingerprint density at radius 3 is 2.61 bits per heavy atom. The van der Waals surface area contributed by atoms with Gasteiger partial charge in [-0.1, -0.05) is 6.85 Å². The molecule has 9 nitrogen and oxygen atoms in total. The van der Waals surface area contributed by atoms with Crippen LogP contribution < -0.4 is 10.6 Å². The molecule has 3 aromatic rings. The second kappa shape index (κ2) is 9.20. The van der Waals surface area contributed by atoms with Gasteiger partial charge < -0.3 is 15.7 Å². The molecule has 174 valence electrons. The monoisotopic (exact) mass is 476 g/mol. The van der Waals surface area contributed by atoms with Crippen LogP contribution >= 0.6 is 0 Å². The number of hydrogen-bond donors (Lipinski definition) is 3. The third kappa shape index (κ3) is 5.68. The third-order valence-corrected chi connectivity index (χ3v) is 5.68. The molecule has 0 spiro atoms. The molecule has 0 amide bonds. The van der Waals surface area contributed by atoms with Crippen molar-refractivity contribution in [1.29, 1.82) is 0 Å². The zero-order chi connectivity index (χ0) is 26.9. The summed E-state index contributed by atoms with van der Waals surface area (Å²) in [6, 6.07) is 6.84. The van der Waals surface area contributed by atoms with E-state index in [1.165, 1.54) is 50.4 Å². The number of Topliss-reactive ketones (excluding diaryl/α,β-unsaturated/α-hetero) is 1. The van der Waals surface area contributed by atoms with Crippen molar-refractivity contribution in [3.8, 4) is 0 Å². The van der Waals surface area contributed by atoms with Crippen LogP contribution in [-0.4, -0.2) is 40.5 Å². The molecule has 0 saturated heterocycles. The van der Waals surface area contributed by atoms with Crippen LogP contribution in [0.25, 0.3) is 0 Å². The highest BCUT2D eigenvalue weighted by Crippen LogP contribution is 2.29. The zero-order valence-electron chi connectivity index (χ0n) is 21.0. The molecule has 0 atom stereocenters. The maximum absolute atomic E-state index is 14.4. The lowest BCUT2D eigenvalue weighted by Gasteiger charge is -2.18. The topological polar surface area (TPSA) is 134 Å². The van der Waals surface area contributed by atoms with Gasteiger partial charge in [-0.2, -0.15) is 4.39 Å². The van der Waals surface area contributed by atoms with Gasteiger partial charge in [-0.3, -0.25) is 4.79 Å². The SMILES string of the molecule is [2H]C([2H])([2H])CC(=O)c1cnc(Nc2ccc(C(C)(C)O)c(F)n2)cc1Nc1ncccc1S(C)(=O)=O. The maximum atomic E-state index is 14.4. The Morgan fingerprint density at radius 1 is 1.21 bits per heavy atom.